The fourth-order valence-electron chi connectivity index (χ4n) is 2.18. The Labute approximate surface area is 148 Å². The van der Waals surface area contributed by atoms with Crippen LogP contribution in [0.25, 0.3) is 0 Å². The molecule has 130 valence electrons. The van der Waals surface area contributed by atoms with Crippen molar-refractivity contribution >= 4 is 22.0 Å². The number of hydrogen-bond donors (Lipinski definition) is 1. The Morgan fingerprint density at radius 3 is 2.39 bits per heavy atom. The Kier molecular flexibility index (Phi) is 8.06. The standard InChI is InChI=1S/C18H29BrN2O2/c1-6-12-21(17(22)23-18(3,4)5)13-11-20-14(2)15-7-9-16(19)10-8-15/h7-10,14,20H,6,11-13H2,1-5H3. The van der Waals surface area contributed by atoms with Crippen molar-refractivity contribution in [2.75, 3.05) is 19.6 Å². The van der Waals surface area contributed by atoms with E-state index >= 15 is 0 Å². The molecule has 0 aliphatic heterocycles. The van der Waals surface area contributed by atoms with Crippen LogP contribution in [-0.2, 0) is 4.74 Å². The first kappa shape index (κ1) is 20.0. The van der Waals surface area contributed by atoms with Crippen molar-refractivity contribution in [2.24, 2.45) is 0 Å². The molecule has 0 saturated carbocycles. The monoisotopic (exact) mass is 384 g/mol. The van der Waals surface area contributed by atoms with Crippen molar-refractivity contribution < 1.29 is 9.53 Å². The zero-order chi connectivity index (χ0) is 17.5. The summed E-state index contributed by atoms with van der Waals surface area (Å²) in [5.74, 6) is 0. The molecule has 1 aromatic rings. The molecule has 0 spiro atoms. The number of nitrogens with zero attached hydrogens (tertiary/aromatic N) is 1. The number of benzene rings is 1. The lowest BCUT2D eigenvalue weighted by Gasteiger charge is -2.27. The third-order valence-corrected chi connectivity index (χ3v) is 3.88. The minimum atomic E-state index is -0.457. The first-order valence-electron chi connectivity index (χ1n) is 8.19. The van der Waals surface area contributed by atoms with Crippen LogP contribution in [0.2, 0.25) is 0 Å². The summed E-state index contributed by atoms with van der Waals surface area (Å²) in [6.07, 6.45) is 0.680. The summed E-state index contributed by atoms with van der Waals surface area (Å²) in [6.45, 7) is 12.0. The topological polar surface area (TPSA) is 41.6 Å². The highest BCUT2D eigenvalue weighted by Crippen LogP contribution is 2.16. The zero-order valence-electron chi connectivity index (χ0n) is 14.9. The third-order valence-electron chi connectivity index (χ3n) is 3.35. The van der Waals surface area contributed by atoms with E-state index in [4.69, 9.17) is 4.74 Å². The van der Waals surface area contributed by atoms with Crippen LogP contribution in [0.4, 0.5) is 4.79 Å². The largest absolute Gasteiger partial charge is 0.444 e. The average molecular weight is 385 g/mol. The molecular formula is C18H29BrN2O2. The molecular weight excluding hydrogens is 356 g/mol. The predicted octanol–water partition coefficient (Wildman–Crippen LogP) is 4.75. The van der Waals surface area contributed by atoms with Gasteiger partial charge >= 0.3 is 6.09 Å². The Bertz CT molecular complexity index is 483. The van der Waals surface area contributed by atoms with Crippen molar-refractivity contribution in [3.05, 3.63) is 34.3 Å². The Hall–Kier alpha value is -1.07. The third kappa shape index (κ3) is 7.84. The van der Waals surface area contributed by atoms with Crippen molar-refractivity contribution in [2.45, 2.75) is 52.7 Å². The van der Waals surface area contributed by atoms with Crippen LogP contribution in [0.3, 0.4) is 0 Å². The van der Waals surface area contributed by atoms with Gasteiger partial charge in [-0.25, -0.2) is 4.79 Å². The molecule has 5 heteroatoms. The van der Waals surface area contributed by atoms with E-state index in [1.165, 1.54) is 5.56 Å². The van der Waals surface area contributed by atoms with E-state index in [1.54, 1.807) is 4.90 Å². The summed E-state index contributed by atoms with van der Waals surface area (Å²) in [4.78, 5) is 14.0. The molecule has 1 aromatic carbocycles. The highest BCUT2D eigenvalue weighted by Gasteiger charge is 2.21. The lowest BCUT2D eigenvalue weighted by Crippen LogP contribution is -2.41. The number of ether oxygens (including phenoxy) is 1. The molecule has 23 heavy (non-hydrogen) atoms. The van der Waals surface area contributed by atoms with Gasteiger partial charge in [0.25, 0.3) is 0 Å². The van der Waals surface area contributed by atoms with Gasteiger partial charge in [-0.15, -0.1) is 0 Å². The molecule has 4 nitrogen and oxygen atoms in total. The van der Waals surface area contributed by atoms with Gasteiger partial charge in [-0.2, -0.15) is 0 Å². The molecule has 0 aliphatic rings. The zero-order valence-corrected chi connectivity index (χ0v) is 16.4. The second-order valence-electron chi connectivity index (χ2n) is 6.69. The number of hydrogen-bond acceptors (Lipinski definition) is 3. The van der Waals surface area contributed by atoms with Gasteiger partial charge in [0.15, 0.2) is 0 Å². The second kappa shape index (κ2) is 9.28. The molecule has 0 radical (unpaired) electrons. The van der Waals surface area contributed by atoms with E-state index in [9.17, 15) is 4.79 Å². The van der Waals surface area contributed by atoms with Crippen LogP contribution in [0, 0.1) is 0 Å². The lowest BCUT2D eigenvalue weighted by molar-refractivity contribution is 0.0251. The molecule has 1 N–H and O–H groups in total. The quantitative estimate of drug-likeness (QED) is 0.737. The van der Waals surface area contributed by atoms with Crippen LogP contribution in [0.15, 0.2) is 28.7 Å². The van der Waals surface area contributed by atoms with Crippen LogP contribution in [0.5, 0.6) is 0 Å². The molecule has 0 bridgehead atoms. The summed E-state index contributed by atoms with van der Waals surface area (Å²) >= 11 is 3.44. The molecule has 1 amide bonds. The average Bonchev–Trinajstić information content (AvgIpc) is 2.45. The number of nitrogens with one attached hydrogen (secondary N) is 1. The first-order chi connectivity index (χ1) is 10.7. The van der Waals surface area contributed by atoms with Crippen molar-refractivity contribution in [1.29, 1.82) is 0 Å². The number of halogens is 1. The molecule has 0 fully saturated rings. The summed E-state index contributed by atoms with van der Waals surface area (Å²) in [5, 5.41) is 3.46. The Morgan fingerprint density at radius 1 is 1.26 bits per heavy atom. The SMILES string of the molecule is CCCN(CCNC(C)c1ccc(Br)cc1)C(=O)OC(C)(C)C. The van der Waals surface area contributed by atoms with E-state index in [0.29, 0.717) is 13.1 Å². The lowest BCUT2D eigenvalue weighted by atomic mass is 10.1. The summed E-state index contributed by atoms with van der Waals surface area (Å²) in [5.41, 5.74) is 0.772. The number of carbonyl (C=O) groups is 1. The summed E-state index contributed by atoms with van der Waals surface area (Å²) in [6, 6.07) is 8.51. The normalized spacial score (nSPS) is 12.8. The molecule has 0 aliphatic carbocycles. The highest BCUT2D eigenvalue weighted by molar-refractivity contribution is 9.10. The van der Waals surface area contributed by atoms with Gasteiger partial charge in [0, 0.05) is 30.1 Å². The van der Waals surface area contributed by atoms with Crippen LogP contribution in [0.1, 0.15) is 52.6 Å². The molecule has 0 saturated heterocycles. The molecule has 0 aromatic heterocycles. The van der Waals surface area contributed by atoms with Crippen molar-refractivity contribution in [1.82, 2.24) is 10.2 Å². The number of carbonyl (C=O) groups excluding carboxylic acids is 1. The minimum Gasteiger partial charge on any atom is -0.444 e. The molecule has 1 atom stereocenters. The Morgan fingerprint density at radius 2 is 1.87 bits per heavy atom. The van der Waals surface area contributed by atoms with Gasteiger partial charge in [0.2, 0.25) is 0 Å². The Balaban J connectivity index is 2.48. The summed E-state index contributed by atoms with van der Waals surface area (Å²) in [7, 11) is 0. The van der Waals surface area contributed by atoms with Crippen molar-refractivity contribution in [3.63, 3.8) is 0 Å². The van der Waals surface area contributed by atoms with E-state index in [2.05, 4.69) is 47.2 Å². The minimum absolute atomic E-state index is 0.238. The van der Waals surface area contributed by atoms with Crippen LogP contribution >= 0.6 is 15.9 Å². The number of amides is 1. The van der Waals surface area contributed by atoms with Gasteiger partial charge in [0.1, 0.15) is 5.60 Å². The van der Waals surface area contributed by atoms with Gasteiger partial charge < -0.3 is 15.0 Å². The first-order valence-corrected chi connectivity index (χ1v) is 8.99. The maximum absolute atomic E-state index is 12.2. The van der Waals surface area contributed by atoms with E-state index in [0.717, 1.165) is 17.4 Å². The fraction of sp³-hybridized carbons (Fsp3) is 0.611. The van der Waals surface area contributed by atoms with E-state index in [-0.39, 0.29) is 12.1 Å². The smallest absolute Gasteiger partial charge is 0.410 e. The van der Waals surface area contributed by atoms with Crippen LogP contribution < -0.4 is 5.32 Å². The predicted molar refractivity (Wildman–Crippen MR) is 98.7 cm³/mol. The summed E-state index contributed by atoms with van der Waals surface area (Å²) < 4.78 is 6.54. The van der Waals surface area contributed by atoms with E-state index in [1.807, 2.05) is 32.9 Å². The van der Waals surface area contributed by atoms with Gasteiger partial charge in [-0.05, 0) is 51.8 Å². The van der Waals surface area contributed by atoms with Crippen molar-refractivity contribution in [3.8, 4) is 0 Å². The van der Waals surface area contributed by atoms with Crippen LogP contribution in [-0.4, -0.2) is 36.2 Å². The second-order valence-corrected chi connectivity index (χ2v) is 7.61. The van der Waals surface area contributed by atoms with Gasteiger partial charge in [-0.1, -0.05) is 35.0 Å². The van der Waals surface area contributed by atoms with Gasteiger partial charge in [0.05, 0.1) is 0 Å². The molecule has 1 rings (SSSR count). The maximum atomic E-state index is 12.2. The fourth-order valence-corrected chi connectivity index (χ4v) is 2.44. The molecule has 1 unspecified atom stereocenters. The van der Waals surface area contributed by atoms with E-state index < -0.39 is 5.60 Å². The van der Waals surface area contributed by atoms with Gasteiger partial charge in [-0.3, -0.25) is 0 Å². The maximum Gasteiger partial charge on any atom is 0.410 e. The number of rotatable bonds is 7. The highest BCUT2D eigenvalue weighted by atomic mass is 79.9. The molecule has 0 heterocycles.